The molecule has 1 aromatic heterocycles. The van der Waals surface area contributed by atoms with E-state index in [2.05, 4.69) is 10.1 Å². The van der Waals surface area contributed by atoms with Crippen molar-refractivity contribution in [2.24, 2.45) is 23.0 Å². The fourth-order valence-electron chi connectivity index (χ4n) is 4.96. The van der Waals surface area contributed by atoms with E-state index in [1.807, 2.05) is 0 Å². The first-order chi connectivity index (χ1) is 7.68. The Kier molecular flexibility index (Phi) is 1.53. The first-order valence-electron chi connectivity index (χ1n) is 6.22. The van der Waals surface area contributed by atoms with Crippen molar-refractivity contribution in [3.8, 4) is 0 Å². The van der Waals surface area contributed by atoms with Crippen LogP contribution in [-0.2, 0) is 6.42 Å². The van der Waals surface area contributed by atoms with Crippen LogP contribution in [0.3, 0.4) is 0 Å². The molecule has 5 rings (SSSR count). The summed E-state index contributed by atoms with van der Waals surface area (Å²) < 4.78 is 4.83. The number of aromatic nitrogens is 2. The number of hydrogen-bond donors (Lipinski definition) is 1. The van der Waals surface area contributed by atoms with E-state index in [-0.39, 0.29) is 5.54 Å². The molecule has 16 heavy (non-hydrogen) atoms. The standard InChI is InChI=1S/C12H17N3O/c13-12-3-8-1-9(12)4-11(2-8,6-12)5-10-14-7-16-15-10/h7-9H,1-6,13H2. The molecule has 0 aliphatic heterocycles. The van der Waals surface area contributed by atoms with Gasteiger partial charge >= 0.3 is 0 Å². The van der Waals surface area contributed by atoms with Crippen LogP contribution < -0.4 is 5.73 Å². The third kappa shape index (κ3) is 1.08. The Morgan fingerprint density at radius 2 is 2.38 bits per heavy atom. The highest BCUT2D eigenvalue weighted by atomic mass is 16.5. The maximum atomic E-state index is 6.54. The molecule has 4 unspecified atom stereocenters. The molecule has 2 N–H and O–H groups in total. The first-order valence-corrected chi connectivity index (χ1v) is 6.22. The van der Waals surface area contributed by atoms with Crippen molar-refractivity contribution in [1.29, 1.82) is 0 Å². The predicted octanol–water partition coefficient (Wildman–Crippen LogP) is 1.52. The number of rotatable bonds is 2. The van der Waals surface area contributed by atoms with Gasteiger partial charge in [0.15, 0.2) is 5.82 Å². The normalized spacial score (nSPS) is 49.1. The number of nitrogens with two attached hydrogens (primary N) is 1. The molecule has 1 heterocycles. The Balaban J connectivity index is 1.65. The van der Waals surface area contributed by atoms with Gasteiger partial charge in [-0.25, -0.2) is 0 Å². The van der Waals surface area contributed by atoms with Crippen LogP contribution in [-0.4, -0.2) is 15.7 Å². The lowest BCUT2D eigenvalue weighted by atomic mass is 9.67. The lowest BCUT2D eigenvalue weighted by Crippen LogP contribution is -2.43. The third-order valence-electron chi connectivity index (χ3n) is 5.14. The summed E-state index contributed by atoms with van der Waals surface area (Å²) in [5, 5.41) is 3.96. The largest absolute Gasteiger partial charge is 0.343 e. The van der Waals surface area contributed by atoms with Crippen molar-refractivity contribution < 1.29 is 4.52 Å². The second-order valence-corrected chi connectivity index (χ2v) is 6.35. The minimum Gasteiger partial charge on any atom is -0.343 e. The smallest absolute Gasteiger partial charge is 0.213 e. The van der Waals surface area contributed by atoms with Crippen molar-refractivity contribution in [2.45, 2.75) is 44.1 Å². The molecule has 4 aliphatic carbocycles. The zero-order valence-electron chi connectivity index (χ0n) is 9.35. The van der Waals surface area contributed by atoms with E-state index in [0.29, 0.717) is 5.41 Å². The average molecular weight is 219 g/mol. The van der Waals surface area contributed by atoms with E-state index in [0.717, 1.165) is 24.1 Å². The van der Waals surface area contributed by atoms with Crippen LogP contribution in [0.1, 0.15) is 37.9 Å². The van der Waals surface area contributed by atoms with Gasteiger partial charge in [0.05, 0.1) is 0 Å². The average Bonchev–Trinajstić information content (AvgIpc) is 2.79. The molecule has 4 fully saturated rings. The lowest BCUT2D eigenvalue weighted by molar-refractivity contribution is 0.135. The minimum atomic E-state index is 0.145. The van der Waals surface area contributed by atoms with Crippen molar-refractivity contribution in [2.75, 3.05) is 0 Å². The summed E-state index contributed by atoms with van der Waals surface area (Å²) in [5.41, 5.74) is 7.07. The Hall–Kier alpha value is -0.900. The Morgan fingerprint density at radius 3 is 3.06 bits per heavy atom. The van der Waals surface area contributed by atoms with Crippen LogP contribution >= 0.6 is 0 Å². The van der Waals surface area contributed by atoms with Crippen LogP contribution in [0, 0.1) is 17.3 Å². The summed E-state index contributed by atoms with van der Waals surface area (Å²) in [6.07, 6.45) is 8.81. The van der Waals surface area contributed by atoms with E-state index in [4.69, 9.17) is 10.3 Å². The Labute approximate surface area is 94.6 Å². The van der Waals surface area contributed by atoms with E-state index in [1.165, 1.54) is 38.5 Å². The fraction of sp³-hybridized carbons (Fsp3) is 0.833. The second-order valence-electron chi connectivity index (χ2n) is 6.35. The van der Waals surface area contributed by atoms with Crippen molar-refractivity contribution in [3.63, 3.8) is 0 Å². The van der Waals surface area contributed by atoms with E-state index < -0.39 is 0 Å². The zero-order chi connectivity index (χ0) is 10.8. The molecule has 4 aliphatic rings. The molecule has 4 atom stereocenters. The first kappa shape index (κ1) is 9.16. The molecule has 4 heteroatoms. The summed E-state index contributed by atoms with van der Waals surface area (Å²) in [7, 11) is 0. The highest BCUT2D eigenvalue weighted by molar-refractivity contribution is 5.17. The maximum absolute atomic E-state index is 6.54. The Bertz CT molecular complexity index is 418. The summed E-state index contributed by atoms with van der Waals surface area (Å²) >= 11 is 0. The molecule has 4 saturated carbocycles. The van der Waals surface area contributed by atoms with Gasteiger partial charge < -0.3 is 10.3 Å². The lowest BCUT2D eigenvalue weighted by Gasteiger charge is -2.39. The van der Waals surface area contributed by atoms with E-state index >= 15 is 0 Å². The predicted molar refractivity (Wildman–Crippen MR) is 57.4 cm³/mol. The third-order valence-corrected chi connectivity index (χ3v) is 5.14. The number of hydrogen-bond acceptors (Lipinski definition) is 4. The van der Waals surface area contributed by atoms with Crippen LogP contribution in [0.5, 0.6) is 0 Å². The van der Waals surface area contributed by atoms with Crippen LogP contribution in [0.15, 0.2) is 10.9 Å². The molecule has 1 aromatic rings. The van der Waals surface area contributed by atoms with E-state index in [9.17, 15) is 0 Å². The van der Waals surface area contributed by atoms with Gasteiger partial charge in [-0.05, 0) is 49.4 Å². The van der Waals surface area contributed by atoms with Gasteiger partial charge in [0.1, 0.15) is 0 Å². The molecule has 0 aromatic carbocycles. The number of nitrogens with zero attached hydrogens (tertiary/aromatic N) is 2. The topological polar surface area (TPSA) is 64.9 Å². The maximum Gasteiger partial charge on any atom is 0.213 e. The molecule has 0 amide bonds. The van der Waals surface area contributed by atoms with Crippen LogP contribution in [0.25, 0.3) is 0 Å². The van der Waals surface area contributed by atoms with Crippen molar-refractivity contribution in [1.82, 2.24) is 10.1 Å². The van der Waals surface area contributed by atoms with Gasteiger partial charge in [0, 0.05) is 12.0 Å². The highest BCUT2D eigenvalue weighted by Gasteiger charge is 2.62. The fourth-order valence-corrected chi connectivity index (χ4v) is 4.96. The van der Waals surface area contributed by atoms with Crippen molar-refractivity contribution in [3.05, 3.63) is 12.2 Å². The molecular weight excluding hydrogens is 202 g/mol. The SMILES string of the molecule is NC12CC3CC1CC(Cc1ncon1)(C3)C2. The molecule has 0 saturated heterocycles. The highest BCUT2D eigenvalue weighted by Crippen LogP contribution is 2.65. The van der Waals surface area contributed by atoms with Crippen molar-refractivity contribution >= 4 is 0 Å². The summed E-state index contributed by atoms with van der Waals surface area (Å²) in [4.78, 5) is 4.17. The monoisotopic (exact) mass is 219 g/mol. The van der Waals surface area contributed by atoms with E-state index in [1.54, 1.807) is 0 Å². The minimum absolute atomic E-state index is 0.145. The molecule has 0 radical (unpaired) electrons. The van der Waals surface area contributed by atoms with Crippen LogP contribution in [0.4, 0.5) is 0 Å². The van der Waals surface area contributed by atoms with Gasteiger partial charge in [-0.3, -0.25) is 0 Å². The van der Waals surface area contributed by atoms with Gasteiger partial charge in [-0.2, -0.15) is 4.98 Å². The molecular formula is C12H17N3O. The Morgan fingerprint density at radius 1 is 1.44 bits per heavy atom. The van der Waals surface area contributed by atoms with Gasteiger partial charge in [-0.15, -0.1) is 0 Å². The van der Waals surface area contributed by atoms with Gasteiger partial charge in [-0.1, -0.05) is 5.16 Å². The quantitative estimate of drug-likeness (QED) is 0.819. The van der Waals surface area contributed by atoms with Gasteiger partial charge in [0.25, 0.3) is 0 Å². The molecule has 4 bridgehead atoms. The zero-order valence-corrected chi connectivity index (χ0v) is 9.35. The van der Waals surface area contributed by atoms with Gasteiger partial charge in [0.2, 0.25) is 6.39 Å². The second kappa shape index (κ2) is 2.67. The molecule has 4 nitrogen and oxygen atoms in total. The van der Waals surface area contributed by atoms with Crippen LogP contribution in [0.2, 0.25) is 0 Å². The molecule has 86 valence electrons. The summed E-state index contributed by atoms with van der Waals surface area (Å²) in [6.45, 7) is 0. The molecule has 0 spiro atoms. The summed E-state index contributed by atoms with van der Waals surface area (Å²) in [6, 6.07) is 0. The summed E-state index contributed by atoms with van der Waals surface area (Å²) in [5.74, 6) is 2.49.